The Hall–Kier alpha value is -4.03. The molecule has 1 aliphatic rings. The monoisotopic (exact) mass is 461 g/mol. The van der Waals surface area contributed by atoms with Gasteiger partial charge in [0.25, 0.3) is 5.56 Å². The average molecular weight is 462 g/mol. The van der Waals surface area contributed by atoms with E-state index in [-0.39, 0.29) is 11.6 Å². The number of fused-ring (bicyclic) bond motifs is 1. The van der Waals surface area contributed by atoms with Crippen molar-refractivity contribution in [3.8, 4) is 22.5 Å². The molecule has 0 N–H and O–H groups in total. The molecule has 0 radical (unpaired) electrons. The number of piperidine rings is 1. The quantitative estimate of drug-likeness (QED) is 0.367. The highest BCUT2D eigenvalue weighted by Crippen LogP contribution is 2.34. The molecule has 0 amide bonds. The summed E-state index contributed by atoms with van der Waals surface area (Å²) in [5.41, 5.74) is 5.87. The number of hydrogen-bond acceptors (Lipinski definition) is 4. The molecule has 0 aliphatic carbocycles. The fourth-order valence-corrected chi connectivity index (χ4v) is 5.03. The molecule has 35 heavy (non-hydrogen) atoms. The summed E-state index contributed by atoms with van der Waals surface area (Å²) >= 11 is 0. The van der Waals surface area contributed by atoms with E-state index in [0.29, 0.717) is 0 Å². The molecule has 6 rings (SSSR count). The minimum Gasteiger partial charge on any atom is -0.299 e. The van der Waals surface area contributed by atoms with Gasteiger partial charge in [0.1, 0.15) is 5.69 Å². The van der Waals surface area contributed by atoms with E-state index in [9.17, 15) is 4.79 Å². The second-order valence-electron chi connectivity index (χ2n) is 9.11. The highest BCUT2D eigenvalue weighted by atomic mass is 16.1. The van der Waals surface area contributed by atoms with E-state index >= 15 is 0 Å². The third kappa shape index (κ3) is 4.29. The van der Waals surface area contributed by atoms with Crippen LogP contribution in [0.5, 0.6) is 0 Å². The topological polar surface area (TPSA) is 55.4 Å². The lowest BCUT2D eigenvalue weighted by Crippen LogP contribution is -2.38. The molecule has 3 aromatic heterocycles. The third-order valence-electron chi connectivity index (χ3n) is 6.82. The molecule has 174 valence electrons. The Kier molecular flexibility index (Phi) is 5.72. The minimum atomic E-state index is -0.0482. The van der Waals surface area contributed by atoms with E-state index in [2.05, 4.69) is 41.3 Å². The smallest absolute Gasteiger partial charge is 0.267 e. The molecule has 6 nitrogen and oxygen atoms in total. The predicted molar refractivity (Wildman–Crippen MR) is 138 cm³/mol. The van der Waals surface area contributed by atoms with E-state index < -0.39 is 0 Å². The number of benzene rings is 2. The average Bonchev–Trinajstić information content (AvgIpc) is 3.30. The van der Waals surface area contributed by atoms with Gasteiger partial charge in [0.2, 0.25) is 0 Å². The molecular formula is C29H27N5O. The van der Waals surface area contributed by atoms with Gasteiger partial charge in [-0.1, -0.05) is 66.7 Å². The molecular weight excluding hydrogens is 434 g/mol. The Bertz CT molecular complexity index is 1500. The Balaban J connectivity index is 1.32. The van der Waals surface area contributed by atoms with Crippen molar-refractivity contribution in [3.63, 3.8) is 0 Å². The second-order valence-corrected chi connectivity index (χ2v) is 9.11. The van der Waals surface area contributed by atoms with Crippen molar-refractivity contribution >= 4 is 5.52 Å². The number of nitrogens with zero attached hydrogens (tertiary/aromatic N) is 5. The zero-order chi connectivity index (χ0) is 23.6. The lowest BCUT2D eigenvalue weighted by molar-refractivity contribution is 0.170. The lowest BCUT2D eigenvalue weighted by atomic mass is 10.0. The van der Waals surface area contributed by atoms with Gasteiger partial charge in [-0.15, -0.1) is 0 Å². The fourth-order valence-electron chi connectivity index (χ4n) is 5.03. The van der Waals surface area contributed by atoms with Crippen molar-refractivity contribution in [3.05, 3.63) is 113 Å². The van der Waals surface area contributed by atoms with Gasteiger partial charge in [0, 0.05) is 37.5 Å². The van der Waals surface area contributed by atoms with Crippen LogP contribution in [0.3, 0.4) is 0 Å². The largest absolute Gasteiger partial charge is 0.299 e. The fraction of sp³-hybridized carbons (Fsp3) is 0.207. The van der Waals surface area contributed by atoms with Crippen molar-refractivity contribution in [1.29, 1.82) is 0 Å². The van der Waals surface area contributed by atoms with Crippen LogP contribution >= 0.6 is 0 Å². The maximum atomic E-state index is 12.9. The van der Waals surface area contributed by atoms with Gasteiger partial charge in [0.15, 0.2) is 0 Å². The van der Waals surface area contributed by atoms with E-state index in [4.69, 9.17) is 10.2 Å². The van der Waals surface area contributed by atoms with Gasteiger partial charge in [0.05, 0.1) is 22.8 Å². The molecule has 1 saturated heterocycles. The highest BCUT2D eigenvalue weighted by Gasteiger charge is 2.24. The summed E-state index contributed by atoms with van der Waals surface area (Å²) < 4.78 is 3.59. The van der Waals surface area contributed by atoms with Crippen LogP contribution in [-0.4, -0.2) is 37.4 Å². The summed E-state index contributed by atoms with van der Waals surface area (Å²) in [5.74, 6) is 0. The van der Waals surface area contributed by atoms with Gasteiger partial charge in [-0.3, -0.25) is 9.69 Å². The van der Waals surface area contributed by atoms with Crippen LogP contribution in [0.1, 0.15) is 24.4 Å². The first-order chi connectivity index (χ1) is 17.3. The van der Waals surface area contributed by atoms with Gasteiger partial charge >= 0.3 is 0 Å². The van der Waals surface area contributed by atoms with E-state index in [1.807, 2.05) is 59.2 Å². The molecule has 0 unspecified atom stereocenters. The van der Waals surface area contributed by atoms with E-state index in [0.717, 1.165) is 60.5 Å². The van der Waals surface area contributed by atoms with Gasteiger partial charge in [-0.25, -0.2) is 9.20 Å². The van der Waals surface area contributed by atoms with Crippen LogP contribution in [-0.2, 0) is 6.54 Å². The summed E-state index contributed by atoms with van der Waals surface area (Å²) in [6.45, 7) is 2.84. The van der Waals surface area contributed by atoms with Crippen molar-refractivity contribution in [2.75, 3.05) is 13.1 Å². The summed E-state index contributed by atoms with van der Waals surface area (Å²) in [7, 11) is 0. The number of hydrogen-bond donors (Lipinski definition) is 0. The Labute approximate surface area is 204 Å². The van der Waals surface area contributed by atoms with Gasteiger partial charge in [-0.05, 0) is 36.6 Å². The zero-order valence-electron chi connectivity index (χ0n) is 19.5. The lowest BCUT2D eigenvalue weighted by Gasteiger charge is -2.32. The van der Waals surface area contributed by atoms with Crippen LogP contribution in [0.25, 0.3) is 28.0 Å². The molecule has 5 aromatic rings. The first-order valence-electron chi connectivity index (χ1n) is 12.2. The highest BCUT2D eigenvalue weighted by molar-refractivity contribution is 5.90. The first-order valence-corrected chi connectivity index (χ1v) is 12.2. The molecule has 2 aromatic carbocycles. The summed E-state index contributed by atoms with van der Waals surface area (Å²) in [6, 6.07) is 30.3. The number of likely N-dealkylation sites (tertiary alicyclic amines) is 1. The van der Waals surface area contributed by atoms with Crippen LogP contribution in [0.15, 0.2) is 102 Å². The molecule has 1 fully saturated rings. The summed E-state index contributed by atoms with van der Waals surface area (Å²) in [6.07, 6.45) is 3.76. The Morgan fingerprint density at radius 2 is 1.49 bits per heavy atom. The number of pyridine rings is 1. The van der Waals surface area contributed by atoms with Crippen molar-refractivity contribution < 1.29 is 0 Å². The van der Waals surface area contributed by atoms with Gasteiger partial charge < -0.3 is 0 Å². The summed E-state index contributed by atoms with van der Waals surface area (Å²) in [5, 5.41) is 9.77. The third-order valence-corrected chi connectivity index (χ3v) is 6.82. The standard InChI is InChI=1S/C29H27N5O/c35-27-15-14-25(28-26-13-7-8-18-33(26)31-29(28)23-11-5-2-6-12-23)30-34(27)24-16-19-32(20-17-24)21-22-9-3-1-4-10-22/h1-15,18,24H,16-17,19-21H2. The SMILES string of the molecule is O=c1ccc(-c2c(-c3ccccc3)nn3ccccc23)nn1C1CCN(Cc2ccccc2)CC1. The van der Waals surface area contributed by atoms with Crippen LogP contribution < -0.4 is 5.56 Å². The minimum absolute atomic E-state index is 0.0482. The van der Waals surface area contributed by atoms with Crippen LogP contribution in [0.2, 0.25) is 0 Å². The van der Waals surface area contributed by atoms with Crippen molar-refractivity contribution in [1.82, 2.24) is 24.3 Å². The van der Waals surface area contributed by atoms with E-state index in [1.165, 1.54) is 5.56 Å². The van der Waals surface area contributed by atoms with Crippen LogP contribution in [0.4, 0.5) is 0 Å². The molecule has 0 bridgehead atoms. The molecule has 0 saturated carbocycles. The van der Waals surface area contributed by atoms with Crippen molar-refractivity contribution in [2.24, 2.45) is 0 Å². The van der Waals surface area contributed by atoms with E-state index in [1.54, 1.807) is 10.7 Å². The Morgan fingerprint density at radius 1 is 0.771 bits per heavy atom. The molecule has 4 heterocycles. The number of rotatable bonds is 5. The maximum Gasteiger partial charge on any atom is 0.267 e. The first kappa shape index (κ1) is 21.5. The zero-order valence-corrected chi connectivity index (χ0v) is 19.5. The summed E-state index contributed by atoms with van der Waals surface area (Å²) in [4.78, 5) is 15.4. The number of aromatic nitrogens is 4. The second kappa shape index (κ2) is 9.31. The maximum absolute atomic E-state index is 12.9. The molecule has 0 spiro atoms. The molecule has 6 heteroatoms. The molecule has 0 atom stereocenters. The Morgan fingerprint density at radius 3 is 2.26 bits per heavy atom. The predicted octanol–water partition coefficient (Wildman–Crippen LogP) is 5.06. The molecule has 1 aliphatic heterocycles. The van der Waals surface area contributed by atoms with Crippen LogP contribution in [0, 0.1) is 0 Å². The van der Waals surface area contributed by atoms with Crippen molar-refractivity contribution in [2.45, 2.75) is 25.4 Å². The van der Waals surface area contributed by atoms with Gasteiger partial charge in [-0.2, -0.15) is 10.2 Å². The normalized spacial score (nSPS) is 15.0.